The lowest BCUT2D eigenvalue weighted by molar-refractivity contribution is 0.126. The number of carbonyl (C=O) groups is 1. The van der Waals surface area contributed by atoms with Gasteiger partial charge in [0.25, 0.3) is 0 Å². The van der Waals surface area contributed by atoms with E-state index in [2.05, 4.69) is 4.74 Å². The fourth-order valence-corrected chi connectivity index (χ4v) is 2.47. The molecule has 86 valence electrons. The molecule has 0 saturated heterocycles. The fourth-order valence-electron chi connectivity index (χ4n) is 1.94. The number of hydrogen-bond donors (Lipinski definition) is 0. The summed E-state index contributed by atoms with van der Waals surface area (Å²) in [4.78, 5) is 12.9. The Hall–Kier alpha value is -0.855. The van der Waals surface area contributed by atoms with Gasteiger partial charge in [-0.05, 0) is 11.1 Å². The van der Waals surface area contributed by atoms with Crippen LogP contribution < -0.4 is 0 Å². The third-order valence-electron chi connectivity index (χ3n) is 2.67. The van der Waals surface area contributed by atoms with Gasteiger partial charge in [-0.15, -0.1) is 0 Å². The smallest absolute Gasteiger partial charge is 0.409 e. The Labute approximate surface area is 97.1 Å². The molecule has 0 fully saturated rings. The van der Waals surface area contributed by atoms with E-state index in [1.807, 2.05) is 0 Å². The summed E-state index contributed by atoms with van der Waals surface area (Å²) in [6, 6.07) is 0. The molecule has 2 aliphatic rings. The van der Waals surface area contributed by atoms with Crippen molar-refractivity contribution in [3.63, 3.8) is 0 Å². The van der Waals surface area contributed by atoms with E-state index in [9.17, 15) is 13.6 Å². The van der Waals surface area contributed by atoms with Crippen molar-refractivity contribution in [3.8, 4) is 0 Å². The Morgan fingerprint density at radius 1 is 1.38 bits per heavy atom. The molecule has 1 atom stereocenters. The monoisotopic (exact) mass is 241 g/mol. The average molecular weight is 241 g/mol. The molecule has 0 aromatic carbocycles. The quantitative estimate of drug-likeness (QED) is 0.352. The van der Waals surface area contributed by atoms with Crippen molar-refractivity contribution in [2.75, 3.05) is 32.7 Å². The lowest BCUT2D eigenvalue weighted by atomic mass is 10.2. The molecule has 1 amide bonds. The summed E-state index contributed by atoms with van der Waals surface area (Å²) in [5, 5.41) is 0. The molecule has 6 nitrogen and oxygen atoms in total. The average Bonchev–Trinajstić information content (AvgIpc) is 2.73. The van der Waals surface area contributed by atoms with Gasteiger partial charge in [0.1, 0.15) is 7.85 Å². The van der Waals surface area contributed by atoms with Gasteiger partial charge in [-0.1, -0.05) is 0 Å². The van der Waals surface area contributed by atoms with Gasteiger partial charge < -0.3 is 14.2 Å². The van der Waals surface area contributed by atoms with Gasteiger partial charge in [-0.25, -0.2) is 9.10 Å². The molecule has 0 bridgehead atoms. The summed E-state index contributed by atoms with van der Waals surface area (Å²) >= 11 is -2.19. The lowest BCUT2D eigenvalue weighted by Gasteiger charge is -2.23. The van der Waals surface area contributed by atoms with Crippen LogP contribution in [0.15, 0.2) is 11.1 Å². The lowest BCUT2D eigenvalue weighted by Crippen LogP contribution is -2.35. The van der Waals surface area contributed by atoms with Crippen LogP contribution in [-0.4, -0.2) is 64.6 Å². The molecule has 0 aromatic rings. The fraction of sp³-hybridized carbons (Fsp3) is 0.625. The van der Waals surface area contributed by atoms with Crippen LogP contribution in [0.5, 0.6) is 0 Å². The van der Waals surface area contributed by atoms with Gasteiger partial charge in [-0.3, -0.25) is 4.21 Å². The van der Waals surface area contributed by atoms with Crippen LogP contribution >= 0.6 is 0 Å². The number of carbonyl (C=O) groups excluding carboxylic acids is 1. The summed E-state index contributed by atoms with van der Waals surface area (Å²) in [5.74, 6) is 0. The molecular weight excluding hydrogens is 231 g/mol. The van der Waals surface area contributed by atoms with Crippen molar-refractivity contribution >= 4 is 25.2 Å². The predicted molar refractivity (Wildman–Crippen MR) is 56.2 cm³/mol. The van der Waals surface area contributed by atoms with Crippen molar-refractivity contribution < 1.29 is 18.3 Å². The van der Waals surface area contributed by atoms with Gasteiger partial charge in [0.05, 0.1) is 6.51 Å². The van der Waals surface area contributed by atoms with Crippen LogP contribution in [0.4, 0.5) is 4.79 Å². The molecule has 2 rings (SSSR count). The first-order chi connectivity index (χ1) is 7.61. The third-order valence-corrected chi connectivity index (χ3v) is 3.35. The second kappa shape index (κ2) is 4.56. The van der Waals surface area contributed by atoms with Gasteiger partial charge in [0.15, 0.2) is 0 Å². The summed E-state index contributed by atoms with van der Waals surface area (Å²) < 4.78 is 27.5. The normalized spacial score (nSPS) is 22.4. The Morgan fingerprint density at radius 3 is 2.38 bits per heavy atom. The summed E-state index contributed by atoms with van der Waals surface area (Å²) in [6.45, 7) is 1.47. The van der Waals surface area contributed by atoms with Crippen LogP contribution in [0.2, 0.25) is 0 Å². The van der Waals surface area contributed by atoms with Crippen LogP contribution in [0, 0.1) is 0 Å². The van der Waals surface area contributed by atoms with Crippen LogP contribution in [0.25, 0.3) is 0 Å². The molecular formula is C8H10BN2O4S-. The molecule has 0 aliphatic carbocycles. The number of rotatable bonds is 2. The molecule has 2 radical (unpaired) electrons. The second-order valence-corrected chi connectivity index (χ2v) is 4.61. The molecule has 0 spiro atoms. The highest BCUT2D eigenvalue weighted by molar-refractivity contribution is 7.76. The molecule has 1 unspecified atom stereocenters. The van der Waals surface area contributed by atoms with Crippen LogP contribution in [0.1, 0.15) is 0 Å². The van der Waals surface area contributed by atoms with Gasteiger partial charge in [0, 0.05) is 37.4 Å². The van der Waals surface area contributed by atoms with E-state index in [4.69, 9.17) is 7.85 Å². The van der Waals surface area contributed by atoms with E-state index in [0.717, 1.165) is 11.1 Å². The first kappa shape index (κ1) is 11.6. The zero-order valence-electron chi connectivity index (χ0n) is 8.55. The second-order valence-electron chi connectivity index (χ2n) is 3.66. The SMILES string of the molecule is [B]COC(=O)N1CC2=C(C1)CN(S(=O)[O-])C2. The molecule has 2 aliphatic heterocycles. The highest BCUT2D eigenvalue weighted by atomic mass is 32.2. The molecule has 0 N–H and O–H groups in total. The van der Waals surface area contributed by atoms with Crippen molar-refractivity contribution in [1.82, 2.24) is 9.21 Å². The van der Waals surface area contributed by atoms with Crippen molar-refractivity contribution in [2.24, 2.45) is 0 Å². The van der Waals surface area contributed by atoms with E-state index in [1.165, 1.54) is 9.21 Å². The number of amides is 1. The van der Waals surface area contributed by atoms with Crippen molar-refractivity contribution in [3.05, 3.63) is 11.1 Å². The van der Waals surface area contributed by atoms with Gasteiger partial charge >= 0.3 is 6.09 Å². The number of nitrogens with zero attached hydrogens (tertiary/aromatic N) is 2. The Kier molecular flexibility index (Phi) is 3.31. The molecule has 2 heterocycles. The molecule has 0 aromatic heterocycles. The first-order valence-corrected chi connectivity index (χ1v) is 5.81. The topological polar surface area (TPSA) is 72.9 Å². The van der Waals surface area contributed by atoms with Crippen molar-refractivity contribution in [1.29, 1.82) is 0 Å². The minimum Gasteiger partial charge on any atom is -0.760 e. The van der Waals surface area contributed by atoms with Gasteiger partial charge in [-0.2, -0.15) is 0 Å². The maximum Gasteiger partial charge on any atom is 0.409 e. The summed E-state index contributed by atoms with van der Waals surface area (Å²) in [5.41, 5.74) is 1.97. The zero-order valence-corrected chi connectivity index (χ0v) is 9.37. The molecule has 0 saturated carbocycles. The molecule has 16 heavy (non-hydrogen) atoms. The largest absolute Gasteiger partial charge is 0.760 e. The van der Waals surface area contributed by atoms with Gasteiger partial charge in [0.2, 0.25) is 0 Å². The maximum atomic E-state index is 11.4. The highest BCUT2D eigenvalue weighted by Crippen LogP contribution is 2.26. The number of ether oxygens (including phenoxy) is 1. The van der Waals surface area contributed by atoms with Crippen LogP contribution in [-0.2, 0) is 16.0 Å². The van der Waals surface area contributed by atoms with E-state index in [0.29, 0.717) is 26.2 Å². The minimum atomic E-state index is -2.19. The molecule has 8 heteroatoms. The van der Waals surface area contributed by atoms with E-state index in [1.54, 1.807) is 0 Å². The Bertz CT molecular complexity index is 355. The Morgan fingerprint density at radius 2 is 1.94 bits per heavy atom. The predicted octanol–water partition coefficient (Wildman–Crippen LogP) is -1.03. The Balaban J connectivity index is 1.91. The zero-order chi connectivity index (χ0) is 11.7. The summed E-state index contributed by atoms with van der Waals surface area (Å²) in [6.07, 6.45) is -0.452. The third kappa shape index (κ3) is 2.13. The minimum absolute atomic E-state index is 0.142. The van der Waals surface area contributed by atoms with E-state index >= 15 is 0 Å². The highest BCUT2D eigenvalue weighted by Gasteiger charge is 2.32. The number of hydrogen-bond acceptors (Lipinski definition) is 4. The summed E-state index contributed by atoms with van der Waals surface area (Å²) in [7, 11) is 5.10. The van der Waals surface area contributed by atoms with E-state index < -0.39 is 17.4 Å². The standard InChI is InChI=1S/C8H11BN2O4S/c9-5-15-8(12)10-1-6-3-11(16(13)14)4-7(6)2-10/h1-5H2,(H,13,14)/p-1. The maximum absolute atomic E-state index is 11.4. The first-order valence-electron chi connectivity index (χ1n) is 4.77. The van der Waals surface area contributed by atoms with Crippen molar-refractivity contribution in [2.45, 2.75) is 0 Å². The van der Waals surface area contributed by atoms with Crippen LogP contribution in [0.3, 0.4) is 0 Å². The van der Waals surface area contributed by atoms with E-state index in [-0.39, 0.29) is 6.51 Å².